The first-order valence-corrected chi connectivity index (χ1v) is 6.42. The highest BCUT2D eigenvalue weighted by atomic mass is 16.5. The Morgan fingerprint density at radius 2 is 2.35 bits per heavy atom. The number of nitrogens with one attached hydrogen (secondary N) is 2. The molecule has 20 heavy (non-hydrogen) atoms. The van der Waals surface area contributed by atoms with Gasteiger partial charge in [-0.1, -0.05) is 13.0 Å². The molecule has 2 aromatic heterocycles. The first-order valence-electron chi connectivity index (χ1n) is 6.42. The number of rotatable bonds is 6. The van der Waals surface area contributed by atoms with E-state index in [9.17, 15) is 4.79 Å². The first kappa shape index (κ1) is 14.0. The van der Waals surface area contributed by atoms with Crippen LogP contribution in [0.3, 0.4) is 0 Å². The van der Waals surface area contributed by atoms with Crippen LogP contribution in [0, 0.1) is 0 Å². The molecule has 0 bridgehead atoms. The van der Waals surface area contributed by atoms with Gasteiger partial charge in [0.2, 0.25) is 11.7 Å². The van der Waals surface area contributed by atoms with Crippen LogP contribution < -0.4 is 10.1 Å². The van der Waals surface area contributed by atoms with Crippen molar-refractivity contribution in [3.63, 3.8) is 0 Å². The van der Waals surface area contributed by atoms with Crippen LogP contribution >= 0.6 is 0 Å². The minimum atomic E-state index is -0.325. The standard InChI is InChI=1S/C13H17N5O2/c1-3-5-10-16-11(18-17-10)12(19)15-8-9-6-4-7-14-13(9)20-2/h4,6-7H,3,5,8H2,1-2H3,(H,15,19)(H,16,17,18). The normalized spacial score (nSPS) is 10.3. The van der Waals surface area contributed by atoms with Crippen molar-refractivity contribution < 1.29 is 9.53 Å². The van der Waals surface area contributed by atoms with Crippen molar-refractivity contribution in [3.8, 4) is 5.88 Å². The van der Waals surface area contributed by atoms with E-state index in [4.69, 9.17) is 4.74 Å². The summed E-state index contributed by atoms with van der Waals surface area (Å²) in [7, 11) is 1.54. The van der Waals surface area contributed by atoms with E-state index in [-0.39, 0.29) is 11.7 Å². The second-order valence-corrected chi connectivity index (χ2v) is 4.21. The lowest BCUT2D eigenvalue weighted by molar-refractivity contribution is 0.0940. The molecule has 0 aromatic carbocycles. The molecule has 0 unspecified atom stereocenters. The summed E-state index contributed by atoms with van der Waals surface area (Å²) < 4.78 is 5.12. The molecule has 2 N–H and O–H groups in total. The summed E-state index contributed by atoms with van der Waals surface area (Å²) in [6.45, 7) is 2.35. The predicted molar refractivity (Wildman–Crippen MR) is 72.3 cm³/mol. The fraction of sp³-hybridized carbons (Fsp3) is 0.385. The average molecular weight is 275 g/mol. The third-order valence-electron chi connectivity index (χ3n) is 2.70. The Balaban J connectivity index is 1.97. The molecule has 0 saturated carbocycles. The molecule has 0 fully saturated rings. The van der Waals surface area contributed by atoms with Crippen LogP contribution in [0.15, 0.2) is 18.3 Å². The van der Waals surface area contributed by atoms with Gasteiger partial charge in [0.15, 0.2) is 0 Å². The van der Waals surface area contributed by atoms with Gasteiger partial charge in [-0.15, -0.1) is 5.10 Å². The third-order valence-corrected chi connectivity index (χ3v) is 2.70. The zero-order valence-corrected chi connectivity index (χ0v) is 11.5. The van der Waals surface area contributed by atoms with Crippen LogP contribution in [-0.4, -0.2) is 33.2 Å². The molecule has 2 rings (SSSR count). The van der Waals surface area contributed by atoms with Crippen molar-refractivity contribution in [2.45, 2.75) is 26.3 Å². The molecule has 106 valence electrons. The number of methoxy groups -OCH3 is 1. The molecule has 0 radical (unpaired) electrons. The number of nitrogens with zero attached hydrogens (tertiary/aromatic N) is 3. The van der Waals surface area contributed by atoms with Crippen LogP contribution in [0.25, 0.3) is 0 Å². The predicted octanol–water partition coefficient (Wildman–Crippen LogP) is 1.09. The lowest BCUT2D eigenvalue weighted by Gasteiger charge is -2.06. The Morgan fingerprint density at radius 1 is 1.50 bits per heavy atom. The van der Waals surface area contributed by atoms with Gasteiger partial charge in [-0.2, -0.15) is 0 Å². The second-order valence-electron chi connectivity index (χ2n) is 4.21. The molecule has 1 amide bonds. The quantitative estimate of drug-likeness (QED) is 0.823. The minimum absolute atomic E-state index is 0.149. The van der Waals surface area contributed by atoms with Gasteiger partial charge in [-0.25, -0.2) is 9.97 Å². The highest BCUT2D eigenvalue weighted by Gasteiger charge is 2.13. The Kier molecular flexibility index (Phi) is 4.65. The Labute approximate surface area is 116 Å². The van der Waals surface area contributed by atoms with Crippen LogP contribution in [0.1, 0.15) is 35.4 Å². The fourth-order valence-electron chi connectivity index (χ4n) is 1.74. The number of carbonyl (C=O) groups excluding carboxylic acids is 1. The lowest BCUT2D eigenvalue weighted by atomic mass is 10.2. The van der Waals surface area contributed by atoms with Gasteiger partial charge >= 0.3 is 0 Å². The molecular formula is C13H17N5O2. The van der Waals surface area contributed by atoms with Crippen molar-refractivity contribution in [2.75, 3.05) is 7.11 Å². The second kappa shape index (κ2) is 6.65. The summed E-state index contributed by atoms with van der Waals surface area (Å²) in [6.07, 6.45) is 3.36. The molecule has 0 aliphatic rings. The van der Waals surface area contributed by atoms with Gasteiger partial charge in [-0.3, -0.25) is 9.89 Å². The molecule has 2 aromatic rings. The number of aryl methyl sites for hydroxylation is 1. The number of hydrogen-bond donors (Lipinski definition) is 2. The van der Waals surface area contributed by atoms with Crippen LogP contribution in [0.4, 0.5) is 0 Å². The van der Waals surface area contributed by atoms with E-state index in [1.165, 1.54) is 0 Å². The summed E-state index contributed by atoms with van der Waals surface area (Å²) in [6, 6.07) is 3.63. The third kappa shape index (κ3) is 3.31. The molecule has 7 nitrogen and oxygen atoms in total. The number of H-pyrrole nitrogens is 1. The monoisotopic (exact) mass is 275 g/mol. The van der Waals surface area contributed by atoms with Crippen molar-refractivity contribution >= 4 is 5.91 Å². The summed E-state index contributed by atoms with van der Waals surface area (Å²) >= 11 is 0. The number of hydrogen-bond acceptors (Lipinski definition) is 5. The van der Waals surface area contributed by atoms with E-state index in [1.807, 2.05) is 13.0 Å². The van der Waals surface area contributed by atoms with Gasteiger partial charge in [0, 0.05) is 24.7 Å². The number of ether oxygens (including phenoxy) is 1. The topological polar surface area (TPSA) is 92.8 Å². The van der Waals surface area contributed by atoms with E-state index < -0.39 is 0 Å². The lowest BCUT2D eigenvalue weighted by Crippen LogP contribution is -2.24. The van der Waals surface area contributed by atoms with Gasteiger partial charge in [-0.05, 0) is 12.5 Å². The van der Waals surface area contributed by atoms with Gasteiger partial charge in [0.25, 0.3) is 5.91 Å². The largest absolute Gasteiger partial charge is 0.481 e. The summed E-state index contributed by atoms with van der Waals surface area (Å²) in [5.74, 6) is 1.04. The molecule has 0 saturated heterocycles. The van der Waals surface area contributed by atoms with Gasteiger partial charge in [0.05, 0.1) is 7.11 Å². The molecule has 0 aliphatic carbocycles. The highest BCUT2D eigenvalue weighted by molar-refractivity contribution is 5.90. The maximum Gasteiger partial charge on any atom is 0.291 e. The Bertz CT molecular complexity index is 582. The van der Waals surface area contributed by atoms with Gasteiger partial charge < -0.3 is 10.1 Å². The fourth-order valence-corrected chi connectivity index (χ4v) is 1.74. The summed E-state index contributed by atoms with van der Waals surface area (Å²) in [5.41, 5.74) is 0.799. The van der Waals surface area contributed by atoms with Crippen molar-refractivity contribution in [3.05, 3.63) is 35.5 Å². The smallest absolute Gasteiger partial charge is 0.291 e. The van der Waals surface area contributed by atoms with Crippen LogP contribution in [0.5, 0.6) is 5.88 Å². The maximum atomic E-state index is 11.9. The van der Waals surface area contributed by atoms with Crippen molar-refractivity contribution in [2.24, 2.45) is 0 Å². The Morgan fingerprint density at radius 3 is 3.10 bits per heavy atom. The molecule has 7 heteroatoms. The molecule has 2 heterocycles. The molecular weight excluding hydrogens is 258 g/mol. The maximum absolute atomic E-state index is 11.9. The molecule has 0 spiro atoms. The summed E-state index contributed by atoms with van der Waals surface area (Å²) in [5, 5.41) is 9.39. The molecule has 0 atom stereocenters. The van der Waals surface area contributed by atoms with E-state index in [2.05, 4.69) is 25.5 Å². The average Bonchev–Trinajstić information content (AvgIpc) is 2.94. The SMILES string of the molecule is CCCc1nc(C(=O)NCc2cccnc2OC)n[nH]1. The van der Waals surface area contributed by atoms with Crippen molar-refractivity contribution in [1.29, 1.82) is 0 Å². The number of pyridine rings is 1. The highest BCUT2D eigenvalue weighted by Crippen LogP contribution is 2.12. The zero-order valence-electron chi connectivity index (χ0n) is 11.5. The zero-order chi connectivity index (χ0) is 14.4. The van der Waals surface area contributed by atoms with E-state index in [0.717, 1.165) is 24.2 Å². The number of amides is 1. The van der Waals surface area contributed by atoms with Gasteiger partial charge in [0.1, 0.15) is 5.82 Å². The number of aromatic amines is 1. The summed E-state index contributed by atoms with van der Waals surface area (Å²) in [4.78, 5) is 20.1. The van der Waals surface area contributed by atoms with E-state index in [1.54, 1.807) is 19.4 Å². The number of carbonyl (C=O) groups is 1. The van der Waals surface area contributed by atoms with Crippen LogP contribution in [0.2, 0.25) is 0 Å². The minimum Gasteiger partial charge on any atom is -0.481 e. The number of aromatic nitrogens is 4. The Hall–Kier alpha value is -2.44. The van der Waals surface area contributed by atoms with E-state index >= 15 is 0 Å². The molecule has 0 aliphatic heterocycles. The van der Waals surface area contributed by atoms with E-state index in [0.29, 0.717) is 12.4 Å². The van der Waals surface area contributed by atoms with Crippen LogP contribution in [-0.2, 0) is 13.0 Å². The van der Waals surface area contributed by atoms with Crippen molar-refractivity contribution in [1.82, 2.24) is 25.5 Å². The first-order chi connectivity index (χ1) is 9.74.